The number of benzene rings is 1. The van der Waals surface area contributed by atoms with E-state index in [0.29, 0.717) is 6.10 Å². The summed E-state index contributed by atoms with van der Waals surface area (Å²) in [5.74, 6) is 0. The van der Waals surface area contributed by atoms with Gasteiger partial charge >= 0.3 is 0 Å². The van der Waals surface area contributed by atoms with Gasteiger partial charge in [-0.15, -0.1) is 10.2 Å². The fourth-order valence-corrected chi connectivity index (χ4v) is 3.00. The monoisotopic (exact) mass is 327 g/mol. The molecule has 2 aromatic heterocycles. The molecule has 3 aromatic rings. The van der Waals surface area contributed by atoms with Crippen LogP contribution >= 0.6 is 0 Å². The number of H-pyrrole nitrogens is 1. The molecule has 1 fully saturated rings. The molecule has 0 bridgehead atoms. The molecule has 126 valence electrons. The van der Waals surface area contributed by atoms with Gasteiger partial charge in [0.25, 0.3) is 0 Å². The van der Waals surface area contributed by atoms with Gasteiger partial charge in [-0.1, -0.05) is 0 Å². The van der Waals surface area contributed by atoms with E-state index in [0.717, 1.165) is 61.4 Å². The molecule has 8 heteroatoms. The number of fused-ring (bicyclic) bond motifs is 1. The number of aromatic amines is 1. The highest BCUT2D eigenvalue weighted by atomic mass is 16.5. The summed E-state index contributed by atoms with van der Waals surface area (Å²) in [6, 6.07) is 4.20. The first-order valence-corrected chi connectivity index (χ1v) is 8.24. The Kier molecular flexibility index (Phi) is 4.14. The van der Waals surface area contributed by atoms with E-state index in [-0.39, 0.29) is 0 Å². The summed E-state index contributed by atoms with van der Waals surface area (Å²) in [4.78, 5) is 2.32. The van der Waals surface area contributed by atoms with Crippen LogP contribution in [0.4, 0.5) is 5.69 Å². The maximum Gasteiger partial charge on any atom is 0.123 e. The normalized spacial score (nSPS) is 15.1. The molecule has 0 atom stereocenters. The lowest BCUT2D eigenvalue weighted by molar-refractivity contribution is 0.0326. The average Bonchev–Trinajstić information content (AvgIpc) is 3.23. The number of aromatic nitrogens is 5. The molecule has 0 unspecified atom stereocenters. The van der Waals surface area contributed by atoms with Crippen LogP contribution in [0.1, 0.15) is 12.8 Å². The van der Waals surface area contributed by atoms with E-state index in [2.05, 4.69) is 37.4 Å². The molecule has 0 saturated carbocycles. The second-order valence-electron chi connectivity index (χ2n) is 6.06. The second-order valence-corrected chi connectivity index (χ2v) is 6.06. The van der Waals surface area contributed by atoms with Crippen molar-refractivity contribution >= 4 is 16.6 Å². The van der Waals surface area contributed by atoms with Crippen LogP contribution in [0.5, 0.6) is 0 Å². The van der Waals surface area contributed by atoms with Crippen molar-refractivity contribution in [2.24, 2.45) is 5.73 Å². The highest BCUT2D eigenvalue weighted by molar-refractivity contribution is 5.93. The van der Waals surface area contributed by atoms with E-state index in [1.54, 1.807) is 12.7 Å². The van der Waals surface area contributed by atoms with Crippen molar-refractivity contribution in [2.45, 2.75) is 18.9 Å². The summed E-state index contributed by atoms with van der Waals surface area (Å²) in [5, 5.41) is 16.1. The molecule has 3 N–H and O–H groups in total. The fraction of sp³-hybridized carbons (Fsp3) is 0.438. The molecule has 4 rings (SSSR count). The lowest BCUT2D eigenvalue weighted by Crippen LogP contribution is -2.52. The SMILES string of the molecule is NCCCCOC1CN(c2cc(-n3cnnc3)cc3[nH]ncc23)C1. The van der Waals surface area contributed by atoms with E-state index < -0.39 is 0 Å². The molecule has 1 aliphatic rings. The molecule has 0 radical (unpaired) electrons. The molecule has 0 amide bonds. The number of nitrogens with zero attached hydrogens (tertiary/aromatic N) is 5. The van der Waals surface area contributed by atoms with Crippen LogP contribution in [0.15, 0.2) is 31.0 Å². The Labute approximate surface area is 139 Å². The Morgan fingerprint density at radius 1 is 1.21 bits per heavy atom. The molecule has 24 heavy (non-hydrogen) atoms. The predicted molar refractivity (Wildman–Crippen MR) is 91.3 cm³/mol. The summed E-state index contributed by atoms with van der Waals surface area (Å²) in [5.41, 5.74) is 8.68. The summed E-state index contributed by atoms with van der Waals surface area (Å²) in [6.07, 6.45) is 7.61. The Bertz CT molecular complexity index is 792. The first kappa shape index (κ1) is 15.1. The maximum atomic E-state index is 5.88. The van der Waals surface area contributed by atoms with Crippen molar-refractivity contribution in [2.75, 3.05) is 31.1 Å². The van der Waals surface area contributed by atoms with Crippen LogP contribution in [0.2, 0.25) is 0 Å². The summed E-state index contributed by atoms with van der Waals surface area (Å²) in [6.45, 7) is 3.31. The van der Waals surface area contributed by atoms with Crippen LogP contribution < -0.4 is 10.6 Å². The lowest BCUT2D eigenvalue weighted by atomic mass is 10.1. The minimum atomic E-state index is 0.295. The van der Waals surface area contributed by atoms with Crippen LogP contribution in [-0.2, 0) is 4.74 Å². The van der Waals surface area contributed by atoms with Crippen molar-refractivity contribution < 1.29 is 4.74 Å². The standard InChI is InChI=1S/C16H21N7O/c17-3-1-2-4-24-13-8-22(9-13)16-6-12(23-10-19-20-11-23)5-15-14(16)7-18-21-15/h5-7,10-11,13H,1-4,8-9,17H2,(H,18,21). The van der Waals surface area contributed by atoms with Crippen LogP contribution in [0, 0.1) is 0 Å². The topological polar surface area (TPSA) is 97.9 Å². The van der Waals surface area contributed by atoms with Gasteiger partial charge in [0.2, 0.25) is 0 Å². The molecule has 1 saturated heterocycles. The third-order valence-electron chi connectivity index (χ3n) is 4.38. The maximum absolute atomic E-state index is 5.88. The molecular formula is C16H21N7O. The van der Waals surface area contributed by atoms with E-state index in [1.165, 1.54) is 0 Å². The predicted octanol–water partition coefficient (Wildman–Crippen LogP) is 1.09. The van der Waals surface area contributed by atoms with Gasteiger partial charge in [0, 0.05) is 25.1 Å². The van der Waals surface area contributed by atoms with Crippen molar-refractivity contribution in [3.63, 3.8) is 0 Å². The highest BCUT2D eigenvalue weighted by Crippen LogP contribution is 2.32. The van der Waals surface area contributed by atoms with E-state index in [9.17, 15) is 0 Å². The van der Waals surface area contributed by atoms with Gasteiger partial charge in [-0.25, -0.2) is 0 Å². The largest absolute Gasteiger partial charge is 0.375 e. The van der Waals surface area contributed by atoms with Gasteiger partial charge in [0.15, 0.2) is 0 Å². The van der Waals surface area contributed by atoms with E-state index >= 15 is 0 Å². The van der Waals surface area contributed by atoms with Crippen molar-refractivity contribution in [1.29, 1.82) is 0 Å². The highest BCUT2D eigenvalue weighted by Gasteiger charge is 2.29. The number of hydrogen-bond acceptors (Lipinski definition) is 6. The molecule has 1 aromatic carbocycles. The number of anilines is 1. The minimum Gasteiger partial charge on any atom is -0.375 e. The molecular weight excluding hydrogens is 306 g/mol. The summed E-state index contributed by atoms with van der Waals surface area (Å²) >= 11 is 0. The molecule has 8 nitrogen and oxygen atoms in total. The van der Waals surface area contributed by atoms with Gasteiger partial charge in [0.05, 0.1) is 29.2 Å². The average molecular weight is 327 g/mol. The van der Waals surface area contributed by atoms with Gasteiger partial charge in [-0.2, -0.15) is 5.10 Å². The molecule has 3 heterocycles. The molecule has 0 aliphatic carbocycles. The number of hydrogen-bond donors (Lipinski definition) is 2. The number of nitrogens with two attached hydrogens (primary N) is 1. The van der Waals surface area contributed by atoms with Gasteiger partial charge in [-0.3, -0.25) is 9.67 Å². The molecule has 1 aliphatic heterocycles. The third kappa shape index (κ3) is 2.85. The van der Waals surface area contributed by atoms with Crippen LogP contribution in [-0.4, -0.2) is 57.3 Å². The Morgan fingerprint density at radius 2 is 2.04 bits per heavy atom. The van der Waals surface area contributed by atoms with Gasteiger partial charge in [-0.05, 0) is 31.5 Å². The number of rotatable bonds is 7. The number of nitrogens with one attached hydrogen (secondary N) is 1. The zero-order chi connectivity index (χ0) is 16.4. The van der Waals surface area contributed by atoms with Crippen LogP contribution in [0.25, 0.3) is 16.6 Å². The van der Waals surface area contributed by atoms with Gasteiger partial charge < -0.3 is 15.4 Å². The fourth-order valence-electron chi connectivity index (χ4n) is 3.00. The zero-order valence-electron chi connectivity index (χ0n) is 13.4. The minimum absolute atomic E-state index is 0.295. The zero-order valence-corrected chi connectivity index (χ0v) is 13.4. The quantitative estimate of drug-likeness (QED) is 0.630. The third-order valence-corrected chi connectivity index (χ3v) is 4.38. The van der Waals surface area contributed by atoms with Crippen molar-refractivity contribution in [3.05, 3.63) is 31.0 Å². The molecule has 0 spiro atoms. The summed E-state index contributed by atoms with van der Waals surface area (Å²) < 4.78 is 7.78. The van der Waals surface area contributed by atoms with E-state index in [4.69, 9.17) is 10.5 Å². The Balaban J connectivity index is 1.49. The first-order chi connectivity index (χ1) is 11.8. The summed E-state index contributed by atoms with van der Waals surface area (Å²) in [7, 11) is 0. The Hall–Kier alpha value is -2.45. The Morgan fingerprint density at radius 3 is 2.83 bits per heavy atom. The van der Waals surface area contributed by atoms with Crippen molar-refractivity contribution in [3.8, 4) is 5.69 Å². The second kappa shape index (κ2) is 6.58. The first-order valence-electron chi connectivity index (χ1n) is 8.24. The van der Waals surface area contributed by atoms with Crippen LogP contribution in [0.3, 0.4) is 0 Å². The van der Waals surface area contributed by atoms with Gasteiger partial charge in [0.1, 0.15) is 12.7 Å². The van der Waals surface area contributed by atoms with Crippen molar-refractivity contribution in [1.82, 2.24) is 25.0 Å². The lowest BCUT2D eigenvalue weighted by Gasteiger charge is -2.41. The number of unbranched alkanes of at least 4 members (excludes halogenated alkanes) is 1. The number of ether oxygens (including phenoxy) is 1. The smallest absolute Gasteiger partial charge is 0.123 e. The van der Waals surface area contributed by atoms with E-state index in [1.807, 2.05) is 10.8 Å².